The van der Waals surface area contributed by atoms with Gasteiger partial charge in [0.15, 0.2) is 0 Å². The number of hydrogen-bond donors (Lipinski definition) is 1. The van der Waals surface area contributed by atoms with Crippen LogP contribution in [0.25, 0.3) is 11.1 Å². The molecule has 4 heteroatoms. The van der Waals surface area contributed by atoms with Crippen molar-refractivity contribution in [2.45, 2.75) is 6.42 Å². The van der Waals surface area contributed by atoms with E-state index in [9.17, 15) is 4.79 Å². The average Bonchev–Trinajstić information content (AvgIpc) is 2.41. The van der Waals surface area contributed by atoms with Gasteiger partial charge in [-0.1, -0.05) is 35.9 Å². The van der Waals surface area contributed by atoms with Crippen LogP contribution in [-0.2, 0) is 11.2 Å². The molecule has 0 amide bonds. The van der Waals surface area contributed by atoms with Gasteiger partial charge >= 0.3 is 5.97 Å². The summed E-state index contributed by atoms with van der Waals surface area (Å²) in [4.78, 5) is 10.8. The van der Waals surface area contributed by atoms with Crippen molar-refractivity contribution < 1.29 is 14.6 Å². The third-order valence-corrected chi connectivity index (χ3v) is 3.17. The highest BCUT2D eigenvalue weighted by molar-refractivity contribution is 6.31. The van der Waals surface area contributed by atoms with Crippen molar-refractivity contribution in [3.8, 4) is 16.9 Å². The average molecular weight is 277 g/mol. The summed E-state index contributed by atoms with van der Waals surface area (Å²) >= 11 is 6.01. The Hall–Kier alpha value is -2.00. The first-order chi connectivity index (χ1) is 9.11. The van der Waals surface area contributed by atoms with Gasteiger partial charge in [-0.05, 0) is 29.3 Å². The zero-order chi connectivity index (χ0) is 13.8. The molecule has 0 aliphatic heterocycles. The highest BCUT2D eigenvalue weighted by Crippen LogP contribution is 2.32. The molecule has 0 saturated carbocycles. The number of carboxylic acids is 1. The van der Waals surface area contributed by atoms with Gasteiger partial charge in [-0.15, -0.1) is 0 Å². The number of hydrogen-bond acceptors (Lipinski definition) is 2. The summed E-state index contributed by atoms with van der Waals surface area (Å²) in [5.74, 6) is -0.162. The van der Waals surface area contributed by atoms with Gasteiger partial charge in [0.05, 0.1) is 13.5 Å². The van der Waals surface area contributed by atoms with E-state index in [0.29, 0.717) is 10.6 Å². The molecule has 2 rings (SSSR count). The molecule has 0 atom stereocenters. The topological polar surface area (TPSA) is 46.5 Å². The van der Waals surface area contributed by atoms with Crippen LogP contribution in [0.2, 0.25) is 5.02 Å². The molecule has 1 N–H and O–H groups in total. The maximum Gasteiger partial charge on any atom is 0.307 e. The van der Waals surface area contributed by atoms with Crippen LogP contribution in [0, 0.1) is 0 Å². The van der Waals surface area contributed by atoms with Gasteiger partial charge in [-0.3, -0.25) is 4.79 Å². The number of carboxylic acid groups (broad SMARTS) is 1. The lowest BCUT2D eigenvalue weighted by atomic mass is 10.0. The maximum atomic E-state index is 10.8. The predicted molar refractivity (Wildman–Crippen MR) is 74.8 cm³/mol. The van der Waals surface area contributed by atoms with Crippen LogP contribution in [0.4, 0.5) is 0 Å². The zero-order valence-electron chi connectivity index (χ0n) is 10.4. The Balaban J connectivity index is 2.48. The van der Waals surface area contributed by atoms with Crippen LogP contribution in [0.1, 0.15) is 5.56 Å². The Morgan fingerprint density at radius 1 is 1.26 bits per heavy atom. The Kier molecular flexibility index (Phi) is 4.07. The second-order valence-electron chi connectivity index (χ2n) is 4.08. The van der Waals surface area contributed by atoms with Crippen LogP contribution < -0.4 is 4.74 Å². The van der Waals surface area contributed by atoms with Crippen LogP contribution >= 0.6 is 11.6 Å². The van der Waals surface area contributed by atoms with E-state index in [2.05, 4.69) is 0 Å². The largest absolute Gasteiger partial charge is 0.496 e. The lowest BCUT2D eigenvalue weighted by molar-refractivity contribution is -0.136. The van der Waals surface area contributed by atoms with Crippen molar-refractivity contribution in [2.24, 2.45) is 0 Å². The second-order valence-corrected chi connectivity index (χ2v) is 4.48. The molecule has 0 aliphatic rings. The molecule has 0 aromatic heterocycles. The van der Waals surface area contributed by atoms with Crippen molar-refractivity contribution in [1.29, 1.82) is 0 Å². The van der Waals surface area contributed by atoms with Gasteiger partial charge in [0.25, 0.3) is 0 Å². The van der Waals surface area contributed by atoms with E-state index in [4.69, 9.17) is 21.4 Å². The van der Waals surface area contributed by atoms with E-state index in [-0.39, 0.29) is 6.42 Å². The maximum absolute atomic E-state index is 10.8. The molecular formula is C15H13ClO3. The molecule has 19 heavy (non-hydrogen) atoms. The standard InChI is InChI=1S/C15H13ClO3/c1-19-14-5-3-2-4-12(14)10-6-7-13(16)11(8-10)9-15(17)18/h2-8H,9H2,1H3,(H,17,18). The van der Waals surface area contributed by atoms with Crippen molar-refractivity contribution in [3.05, 3.63) is 53.1 Å². The lowest BCUT2D eigenvalue weighted by Crippen LogP contribution is -2.01. The number of ether oxygens (including phenoxy) is 1. The molecular weight excluding hydrogens is 264 g/mol. The third kappa shape index (κ3) is 3.06. The molecule has 98 valence electrons. The monoisotopic (exact) mass is 276 g/mol. The number of benzene rings is 2. The highest BCUT2D eigenvalue weighted by Gasteiger charge is 2.10. The lowest BCUT2D eigenvalue weighted by Gasteiger charge is -2.10. The first-order valence-corrected chi connectivity index (χ1v) is 6.13. The van der Waals surface area contributed by atoms with E-state index in [1.54, 1.807) is 19.2 Å². The summed E-state index contributed by atoms with van der Waals surface area (Å²) in [5.41, 5.74) is 2.39. The van der Waals surface area contributed by atoms with Crippen molar-refractivity contribution in [2.75, 3.05) is 7.11 Å². The molecule has 0 radical (unpaired) electrons. The Morgan fingerprint density at radius 3 is 2.68 bits per heavy atom. The van der Waals surface area contributed by atoms with Gasteiger partial charge in [-0.25, -0.2) is 0 Å². The van der Waals surface area contributed by atoms with E-state index < -0.39 is 5.97 Å². The smallest absolute Gasteiger partial charge is 0.307 e. The number of methoxy groups -OCH3 is 1. The van der Waals surface area contributed by atoms with Crippen LogP contribution in [0.3, 0.4) is 0 Å². The molecule has 0 saturated heterocycles. The van der Waals surface area contributed by atoms with E-state index in [1.807, 2.05) is 30.3 Å². The molecule has 0 spiro atoms. The molecule has 0 bridgehead atoms. The van der Waals surface area contributed by atoms with Crippen molar-refractivity contribution in [3.63, 3.8) is 0 Å². The minimum absolute atomic E-state index is 0.0954. The van der Waals surface area contributed by atoms with Crippen molar-refractivity contribution >= 4 is 17.6 Å². The highest BCUT2D eigenvalue weighted by atomic mass is 35.5. The summed E-state index contributed by atoms with van der Waals surface area (Å²) in [6, 6.07) is 12.9. The fourth-order valence-electron chi connectivity index (χ4n) is 1.92. The molecule has 2 aromatic rings. The number of halogens is 1. The van der Waals surface area contributed by atoms with Gasteiger partial charge in [0.1, 0.15) is 5.75 Å². The van der Waals surface area contributed by atoms with Gasteiger partial charge in [-0.2, -0.15) is 0 Å². The van der Waals surface area contributed by atoms with Gasteiger partial charge in [0.2, 0.25) is 0 Å². The third-order valence-electron chi connectivity index (χ3n) is 2.81. The molecule has 0 fully saturated rings. The predicted octanol–water partition coefficient (Wildman–Crippen LogP) is 3.64. The quantitative estimate of drug-likeness (QED) is 0.927. The molecule has 2 aromatic carbocycles. The first-order valence-electron chi connectivity index (χ1n) is 5.75. The summed E-state index contributed by atoms with van der Waals surface area (Å²) < 4.78 is 5.30. The molecule has 0 heterocycles. The number of aliphatic carboxylic acids is 1. The van der Waals surface area contributed by atoms with Crippen LogP contribution in [0.15, 0.2) is 42.5 Å². The molecule has 3 nitrogen and oxygen atoms in total. The second kappa shape index (κ2) is 5.76. The zero-order valence-corrected chi connectivity index (χ0v) is 11.1. The Labute approximate surface area is 116 Å². The summed E-state index contributed by atoms with van der Waals surface area (Å²) in [6.45, 7) is 0. The van der Waals surface area contributed by atoms with E-state index in [0.717, 1.165) is 16.9 Å². The van der Waals surface area contributed by atoms with Crippen molar-refractivity contribution in [1.82, 2.24) is 0 Å². The summed E-state index contributed by atoms with van der Waals surface area (Å²) in [5, 5.41) is 9.33. The fourth-order valence-corrected chi connectivity index (χ4v) is 2.11. The van der Waals surface area contributed by atoms with E-state index in [1.165, 1.54) is 0 Å². The summed E-state index contributed by atoms with van der Waals surface area (Å²) in [6.07, 6.45) is -0.0954. The van der Waals surface area contributed by atoms with E-state index >= 15 is 0 Å². The minimum Gasteiger partial charge on any atom is -0.496 e. The summed E-state index contributed by atoms with van der Waals surface area (Å²) in [7, 11) is 1.60. The number of rotatable bonds is 4. The molecule has 0 unspecified atom stereocenters. The SMILES string of the molecule is COc1ccccc1-c1ccc(Cl)c(CC(=O)O)c1. The number of carbonyl (C=O) groups is 1. The Morgan fingerprint density at radius 2 is 2.00 bits per heavy atom. The first kappa shape index (κ1) is 13.4. The number of para-hydroxylation sites is 1. The van der Waals surface area contributed by atoms with Crippen LogP contribution in [-0.4, -0.2) is 18.2 Å². The fraction of sp³-hybridized carbons (Fsp3) is 0.133. The van der Waals surface area contributed by atoms with Gasteiger partial charge < -0.3 is 9.84 Å². The minimum atomic E-state index is -0.904. The van der Waals surface area contributed by atoms with Crippen LogP contribution in [0.5, 0.6) is 5.75 Å². The van der Waals surface area contributed by atoms with Gasteiger partial charge in [0, 0.05) is 10.6 Å². The Bertz CT molecular complexity index is 608. The normalized spacial score (nSPS) is 10.2. The molecule has 0 aliphatic carbocycles.